The van der Waals surface area contributed by atoms with Gasteiger partial charge in [0, 0.05) is 5.56 Å². The number of aryl methyl sites for hydroxylation is 4. The molecule has 3 rings (SSSR count). The summed E-state index contributed by atoms with van der Waals surface area (Å²) in [6, 6.07) is 9.62. The van der Waals surface area contributed by atoms with Crippen LogP contribution in [0.2, 0.25) is 0 Å². The summed E-state index contributed by atoms with van der Waals surface area (Å²) in [5.41, 5.74) is 5.77. The minimum Gasteiger partial charge on any atom is -0.468 e. The number of hydrogen-bond acceptors (Lipinski definition) is 4. The number of carbonyl (C=O) groups excluding carboxylic acids is 2. The van der Waals surface area contributed by atoms with E-state index in [1.807, 2.05) is 45.9 Å². The lowest BCUT2D eigenvalue weighted by molar-refractivity contribution is -0.141. The average molecular weight is 382 g/mol. The van der Waals surface area contributed by atoms with Crippen molar-refractivity contribution in [2.24, 2.45) is 4.99 Å². The lowest BCUT2D eigenvalue weighted by atomic mass is 10.1. The van der Waals surface area contributed by atoms with E-state index in [1.54, 1.807) is 10.6 Å². The Balaban J connectivity index is 2.19. The highest BCUT2D eigenvalue weighted by molar-refractivity contribution is 7.16. The molecule has 1 aromatic heterocycles. The van der Waals surface area contributed by atoms with Gasteiger partial charge in [-0.05, 0) is 68.1 Å². The maximum absolute atomic E-state index is 12.7. The van der Waals surface area contributed by atoms with Crippen LogP contribution in [0.25, 0.3) is 10.2 Å². The van der Waals surface area contributed by atoms with Crippen LogP contribution in [0.3, 0.4) is 0 Å². The maximum Gasteiger partial charge on any atom is 0.325 e. The molecular formula is C21H22N2O3S. The predicted molar refractivity (Wildman–Crippen MR) is 107 cm³/mol. The largest absolute Gasteiger partial charge is 0.468 e. The predicted octanol–water partition coefficient (Wildman–Crippen LogP) is 3.85. The van der Waals surface area contributed by atoms with Crippen molar-refractivity contribution in [2.45, 2.75) is 34.2 Å². The van der Waals surface area contributed by atoms with Gasteiger partial charge >= 0.3 is 5.97 Å². The second-order valence-electron chi connectivity index (χ2n) is 6.69. The molecule has 0 saturated carbocycles. The van der Waals surface area contributed by atoms with Gasteiger partial charge in [-0.15, -0.1) is 0 Å². The summed E-state index contributed by atoms with van der Waals surface area (Å²) >= 11 is 1.41. The van der Waals surface area contributed by atoms with Crippen LogP contribution in [-0.2, 0) is 16.1 Å². The highest BCUT2D eigenvalue weighted by Crippen LogP contribution is 2.23. The van der Waals surface area contributed by atoms with E-state index in [-0.39, 0.29) is 18.4 Å². The number of fused-ring (bicyclic) bond motifs is 1. The zero-order chi connectivity index (χ0) is 19.7. The van der Waals surface area contributed by atoms with Crippen LogP contribution in [0.15, 0.2) is 35.3 Å². The highest BCUT2D eigenvalue weighted by atomic mass is 32.1. The van der Waals surface area contributed by atoms with Crippen molar-refractivity contribution in [3.63, 3.8) is 0 Å². The summed E-state index contributed by atoms with van der Waals surface area (Å²) in [6.07, 6.45) is 0. The number of hydrogen-bond donors (Lipinski definition) is 0. The summed E-state index contributed by atoms with van der Waals surface area (Å²) < 4.78 is 7.59. The van der Waals surface area contributed by atoms with Gasteiger partial charge in [-0.1, -0.05) is 23.5 Å². The van der Waals surface area contributed by atoms with E-state index in [0.717, 1.165) is 32.5 Å². The molecular weight excluding hydrogens is 360 g/mol. The molecule has 0 aliphatic heterocycles. The first-order chi connectivity index (χ1) is 12.8. The van der Waals surface area contributed by atoms with Gasteiger partial charge in [0.2, 0.25) is 0 Å². The summed E-state index contributed by atoms with van der Waals surface area (Å²) in [6.45, 7) is 8.00. The van der Waals surface area contributed by atoms with Crippen LogP contribution >= 0.6 is 11.3 Å². The number of nitrogens with zero attached hydrogens (tertiary/aromatic N) is 2. The summed E-state index contributed by atoms with van der Waals surface area (Å²) in [5, 5.41) is 0. The first-order valence-electron chi connectivity index (χ1n) is 8.64. The van der Waals surface area contributed by atoms with Crippen LogP contribution in [0.5, 0.6) is 0 Å². The lowest BCUT2D eigenvalue weighted by Gasteiger charge is -2.05. The Hall–Kier alpha value is -2.73. The molecule has 0 aliphatic carbocycles. The van der Waals surface area contributed by atoms with E-state index in [9.17, 15) is 9.59 Å². The van der Waals surface area contributed by atoms with Crippen molar-refractivity contribution >= 4 is 33.4 Å². The minimum absolute atomic E-state index is 0.0123. The summed E-state index contributed by atoms with van der Waals surface area (Å²) in [5.74, 6) is -0.702. The third-order valence-corrected chi connectivity index (χ3v) is 5.81. The van der Waals surface area contributed by atoms with Crippen molar-refractivity contribution in [1.29, 1.82) is 0 Å². The molecule has 0 unspecified atom stereocenters. The molecule has 0 fully saturated rings. The fourth-order valence-corrected chi connectivity index (χ4v) is 4.05. The summed E-state index contributed by atoms with van der Waals surface area (Å²) in [4.78, 5) is 29.5. The molecule has 3 aromatic rings. The Labute approximate surface area is 161 Å². The maximum atomic E-state index is 12.7. The van der Waals surface area contributed by atoms with Crippen molar-refractivity contribution in [1.82, 2.24) is 4.57 Å². The van der Waals surface area contributed by atoms with Gasteiger partial charge in [0.1, 0.15) is 6.54 Å². The highest BCUT2D eigenvalue weighted by Gasteiger charge is 2.14. The number of methoxy groups -OCH3 is 1. The van der Waals surface area contributed by atoms with Gasteiger partial charge in [-0.25, -0.2) is 0 Å². The monoisotopic (exact) mass is 382 g/mol. The van der Waals surface area contributed by atoms with E-state index in [4.69, 9.17) is 4.74 Å². The number of amides is 1. The average Bonchev–Trinajstić information content (AvgIpc) is 2.95. The number of ether oxygens (including phenoxy) is 1. The molecule has 0 aliphatic rings. The van der Waals surface area contributed by atoms with Gasteiger partial charge in [-0.2, -0.15) is 4.99 Å². The smallest absolute Gasteiger partial charge is 0.325 e. The van der Waals surface area contributed by atoms with Crippen LogP contribution < -0.4 is 4.80 Å². The normalized spacial score (nSPS) is 11.8. The van der Waals surface area contributed by atoms with Crippen molar-refractivity contribution in [3.8, 4) is 0 Å². The molecule has 1 heterocycles. The lowest BCUT2D eigenvalue weighted by Crippen LogP contribution is -2.22. The third kappa shape index (κ3) is 3.85. The molecule has 27 heavy (non-hydrogen) atoms. The van der Waals surface area contributed by atoms with Crippen molar-refractivity contribution in [3.05, 3.63) is 63.0 Å². The number of thiazole rings is 1. The fraction of sp³-hybridized carbons (Fsp3) is 0.286. The standard InChI is InChI=1S/C21H22N2O3S/c1-12-8-15(4)19-17(9-12)23(11-18(24)26-5)21(27-19)22-20(25)16-7-6-13(2)14(3)10-16/h6-10H,11H2,1-5H3. The molecule has 0 saturated heterocycles. The van der Waals surface area contributed by atoms with Crippen LogP contribution in [0, 0.1) is 27.7 Å². The molecule has 5 nitrogen and oxygen atoms in total. The second kappa shape index (κ2) is 7.48. The molecule has 6 heteroatoms. The Morgan fingerprint density at radius 3 is 2.44 bits per heavy atom. The quantitative estimate of drug-likeness (QED) is 0.647. The fourth-order valence-electron chi connectivity index (χ4n) is 2.97. The Kier molecular flexibility index (Phi) is 5.28. The molecule has 140 valence electrons. The van der Waals surface area contributed by atoms with Crippen molar-refractivity contribution < 1.29 is 14.3 Å². The van der Waals surface area contributed by atoms with Crippen LogP contribution in [0.1, 0.15) is 32.6 Å². The Morgan fingerprint density at radius 1 is 1.04 bits per heavy atom. The van der Waals surface area contributed by atoms with Gasteiger partial charge in [-0.3, -0.25) is 9.59 Å². The first kappa shape index (κ1) is 19.0. The molecule has 0 bridgehead atoms. The van der Waals surface area contributed by atoms with Gasteiger partial charge in [0.05, 0.1) is 17.3 Å². The number of aromatic nitrogens is 1. The number of benzene rings is 2. The molecule has 0 N–H and O–H groups in total. The molecule has 0 radical (unpaired) electrons. The minimum atomic E-state index is -0.381. The van der Waals surface area contributed by atoms with Crippen molar-refractivity contribution in [2.75, 3.05) is 7.11 Å². The van der Waals surface area contributed by atoms with Gasteiger partial charge in [0.15, 0.2) is 4.80 Å². The van der Waals surface area contributed by atoms with Crippen LogP contribution in [0.4, 0.5) is 0 Å². The van der Waals surface area contributed by atoms with Gasteiger partial charge < -0.3 is 9.30 Å². The zero-order valence-electron chi connectivity index (χ0n) is 16.1. The van der Waals surface area contributed by atoms with E-state index in [0.29, 0.717) is 10.4 Å². The van der Waals surface area contributed by atoms with Crippen LogP contribution in [-0.4, -0.2) is 23.6 Å². The molecule has 0 spiro atoms. The Bertz CT molecular complexity index is 1120. The van der Waals surface area contributed by atoms with E-state index in [2.05, 4.69) is 11.1 Å². The molecule has 1 amide bonds. The molecule has 0 atom stereocenters. The SMILES string of the molecule is COC(=O)Cn1c(=NC(=O)c2ccc(C)c(C)c2)sc2c(C)cc(C)cc21. The first-order valence-corrected chi connectivity index (χ1v) is 9.45. The third-order valence-electron chi connectivity index (χ3n) is 4.58. The molecule has 2 aromatic carbocycles. The number of rotatable bonds is 3. The topological polar surface area (TPSA) is 60.7 Å². The second-order valence-corrected chi connectivity index (χ2v) is 7.67. The number of carbonyl (C=O) groups is 2. The van der Waals surface area contributed by atoms with Gasteiger partial charge in [0.25, 0.3) is 5.91 Å². The van der Waals surface area contributed by atoms with E-state index < -0.39 is 0 Å². The number of esters is 1. The van der Waals surface area contributed by atoms with E-state index in [1.165, 1.54) is 18.4 Å². The summed E-state index contributed by atoms with van der Waals surface area (Å²) in [7, 11) is 1.35. The zero-order valence-corrected chi connectivity index (χ0v) is 16.9. The van der Waals surface area contributed by atoms with E-state index >= 15 is 0 Å². The Morgan fingerprint density at radius 2 is 1.78 bits per heavy atom.